The zero-order chi connectivity index (χ0) is 23.2. The number of carbonyl (C=O) groups excluding carboxylic acids is 2. The number of nitrogens with one attached hydrogen (secondary N) is 2. The molecule has 0 aliphatic rings. The highest BCUT2D eigenvalue weighted by Crippen LogP contribution is 2.25. The molecule has 4 aromatic rings. The van der Waals surface area contributed by atoms with Gasteiger partial charge in [-0.1, -0.05) is 60.3 Å². The lowest BCUT2D eigenvalue weighted by molar-refractivity contribution is -0.113. The number of aromatic nitrogens is 3. The number of carbonyl (C=O) groups is 2. The van der Waals surface area contributed by atoms with Gasteiger partial charge in [-0.25, -0.2) is 4.68 Å². The zero-order valence-electron chi connectivity index (χ0n) is 17.8. The molecular formula is C23H22N6O2S2. The van der Waals surface area contributed by atoms with Crippen LogP contribution < -0.4 is 16.5 Å². The van der Waals surface area contributed by atoms with E-state index in [1.54, 1.807) is 24.3 Å². The van der Waals surface area contributed by atoms with Crippen molar-refractivity contribution < 1.29 is 9.59 Å². The molecule has 4 rings (SSSR count). The molecule has 33 heavy (non-hydrogen) atoms. The van der Waals surface area contributed by atoms with Crippen LogP contribution in [0.2, 0.25) is 0 Å². The summed E-state index contributed by atoms with van der Waals surface area (Å²) in [6, 6.07) is 20.2. The number of amides is 2. The van der Waals surface area contributed by atoms with E-state index in [0.717, 1.165) is 10.4 Å². The fourth-order valence-electron chi connectivity index (χ4n) is 3.16. The third-order valence-corrected chi connectivity index (χ3v) is 6.64. The molecule has 1 unspecified atom stereocenters. The van der Waals surface area contributed by atoms with Crippen molar-refractivity contribution in [2.75, 3.05) is 16.9 Å². The lowest BCUT2D eigenvalue weighted by atomic mass is 10.1. The third-order valence-electron chi connectivity index (χ3n) is 4.83. The van der Waals surface area contributed by atoms with Crippen LogP contribution in [0.3, 0.4) is 0 Å². The Bertz CT molecular complexity index is 1240. The second-order valence-corrected chi connectivity index (χ2v) is 9.03. The quantitative estimate of drug-likeness (QED) is 0.261. The van der Waals surface area contributed by atoms with Crippen LogP contribution >= 0.6 is 23.1 Å². The Morgan fingerprint density at radius 1 is 1.06 bits per heavy atom. The first-order valence-corrected chi connectivity index (χ1v) is 12.0. The number of para-hydroxylation sites is 1. The van der Waals surface area contributed by atoms with E-state index < -0.39 is 0 Å². The highest BCUT2D eigenvalue weighted by molar-refractivity contribution is 7.99. The van der Waals surface area contributed by atoms with Gasteiger partial charge in [0.25, 0.3) is 5.91 Å². The average Bonchev–Trinajstić information content (AvgIpc) is 3.48. The van der Waals surface area contributed by atoms with Crippen molar-refractivity contribution in [2.24, 2.45) is 0 Å². The predicted octanol–water partition coefficient (Wildman–Crippen LogP) is 3.94. The number of benzene rings is 2. The molecule has 2 amide bonds. The van der Waals surface area contributed by atoms with Crippen molar-refractivity contribution in [3.63, 3.8) is 0 Å². The molecule has 168 valence electrons. The minimum atomic E-state index is -0.281. The monoisotopic (exact) mass is 478 g/mol. The number of hydrogen-bond acceptors (Lipinski definition) is 7. The normalized spacial score (nSPS) is 11.7. The lowest BCUT2D eigenvalue weighted by Crippen LogP contribution is -2.28. The summed E-state index contributed by atoms with van der Waals surface area (Å²) in [6.45, 7) is 1.92. The van der Waals surface area contributed by atoms with E-state index in [9.17, 15) is 9.59 Å². The van der Waals surface area contributed by atoms with Gasteiger partial charge in [-0.3, -0.25) is 9.59 Å². The topological polar surface area (TPSA) is 115 Å². The van der Waals surface area contributed by atoms with Crippen LogP contribution in [0, 0.1) is 0 Å². The molecule has 0 spiro atoms. The average molecular weight is 479 g/mol. The Kier molecular flexibility index (Phi) is 7.06. The van der Waals surface area contributed by atoms with Crippen LogP contribution in [0.4, 0.5) is 5.69 Å². The molecule has 2 aromatic heterocycles. The highest BCUT2D eigenvalue weighted by atomic mass is 32.2. The number of nitrogen functional groups attached to an aromatic ring is 1. The maximum absolute atomic E-state index is 12.9. The molecule has 1 atom stereocenters. The first kappa shape index (κ1) is 22.6. The number of nitrogens with two attached hydrogens (primary N) is 1. The Morgan fingerprint density at radius 3 is 2.58 bits per heavy atom. The van der Waals surface area contributed by atoms with Crippen molar-refractivity contribution in [2.45, 2.75) is 18.1 Å². The SMILES string of the molecule is CC(NC(=O)c1ccccc1NC(=O)CSc1nnc(-c2cccs2)n1N)c1ccccc1. The second kappa shape index (κ2) is 10.3. The van der Waals surface area contributed by atoms with Crippen molar-refractivity contribution in [1.29, 1.82) is 0 Å². The van der Waals surface area contributed by atoms with Crippen LogP contribution in [0.1, 0.15) is 28.9 Å². The van der Waals surface area contributed by atoms with Gasteiger partial charge in [-0.05, 0) is 36.1 Å². The van der Waals surface area contributed by atoms with E-state index in [1.807, 2.05) is 54.8 Å². The van der Waals surface area contributed by atoms with Crippen LogP contribution in [0.25, 0.3) is 10.7 Å². The van der Waals surface area contributed by atoms with Gasteiger partial charge in [-0.2, -0.15) is 0 Å². The van der Waals surface area contributed by atoms with Gasteiger partial charge in [0.05, 0.1) is 27.9 Å². The summed E-state index contributed by atoms with van der Waals surface area (Å²) in [6.07, 6.45) is 0. The maximum atomic E-state index is 12.9. The van der Waals surface area contributed by atoms with Gasteiger partial charge in [0.2, 0.25) is 11.1 Å². The molecule has 2 aromatic carbocycles. The van der Waals surface area contributed by atoms with E-state index in [2.05, 4.69) is 20.8 Å². The van der Waals surface area contributed by atoms with Crippen LogP contribution in [0.5, 0.6) is 0 Å². The summed E-state index contributed by atoms with van der Waals surface area (Å²) in [4.78, 5) is 26.4. The number of rotatable bonds is 8. The number of hydrogen-bond donors (Lipinski definition) is 3. The van der Waals surface area contributed by atoms with Gasteiger partial charge in [0, 0.05) is 0 Å². The smallest absolute Gasteiger partial charge is 0.253 e. The van der Waals surface area contributed by atoms with Gasteiger partial charge >= 0.3 is 0 Å². The Hall–Kier alpha value is -3.63. The fraction of sp³-hybridized carbons (Fsp3) is 0.130. The first-order valence-electron chi connectivity index (χ1n) is 10.1. The summed E-state index contributed by atoms with van der Waals surface area (Å²) in [5.41, 5.74) is 1.83. The van der Waals surface area contributed by atoms with Crippen molar-refractivity contribution in [1.82, 2.24) is 20.2 Å². The van der Waals surface area contributed by atoms with E-state index in [1.165, 1.54) is 27.8 Å². The number of thioether (sulfide) groups is 1. The molecular weight excluding hydrogens is 456 g/mol. The molecule has 0 bridgehead atoms. The molecule has 10 heteroatoms. The number of nitrogens with zero attached hydrogens (tertiary/aromatic N) is 3. The first-order chi connectivity index (χ1) is 16.0. The summed E-state index contributed by atoms with van der Waals surface area (Å²) in [5.74, 6) is 6.15. The van der Waals surface area contributed by atoms with Gasteiger partial charge in [0.1, 0.15) is 0 Å². The van der Waals surface area contributed by atoms with E-state index in [0.29, 0.717) is 22.2 Å². The number of anilines is 1. The lowest BCUT2D eigenvalue weighted by Gasteiger charge is -2.16. The fourth-order valence-corrected chi connectivity index (χ4v) is 4.52. The Labute approximate surface area is 199 Å². The minimum absolute atomic E-state index is 0.0656. The van der Waals surface area contributed by atoms with Gasteiger partial charge < -0.3 is 16.5 Å². The molecule has 0 aliphatic carbocycles. The second-order valence-electron chi connectivity index (χ2n) is 7.14. The largest absolute Gasteiger partial charge is 0.345 e. The van der Waals surface area contributed by atoms with Crippen LogP contribution in [0.15, 0.2) is 77.3 Å². The summed E-state index contributed by atoms with van der Waals surface area (Å²) >= 11 is 2.68. The van der Waals surface area contributed by atoms with Crippen molar-refractivity contribution >= 4 is 40.6 Å². The van der Waals surface area contributed by atoms with E-state index in [4.69, 9.17) is 5.84 Å². The van der Waals surface area contributed by atoms with Gasteiger partial charge in [-0.15, -0.1) is 21.5 Å². The Morgan fingerprint density at radius 2 is 1.82 bits per heavy atom. The standard InChI is InChI=1S/C23H22N6O2S2/c1-15(16-8-3-2-4-9-16)25-22(31)17-10-5-6-11-18(17)26-20(30)14-33-23-28-27-21(29(23)24)19-12-7-13-32-19/h2-13,15H,14,24H2,1H3,(H,25,31)(H,26,30). The maximum Gasteiger partial charge on any atom is 0.253 e. The highest BCUT2D eigenvalue weighted by Gasteiger charge is 2.18. The molecule has 4 N–H and O–H groups in total. The van der Waals surface area contributed by atoms with E-state index in [-0.39, 0.29) is 23.6 Å². The molecule has 0 saturated carbocycles. The molecule has 8 nitrogen and oxygen atoms in total. The molecule has 0 aliphatic heterocycles. The molecule has 0 saturated heterocycles. The third kappa shape index (κ3) is 5.41. The van der Waals surface area contributed by atoms with Gasteiger partial charge in [0.15, 0.2) is 5.82 Å². The van der Waals surface area contributed by atoms with Crippen LogP contribution in [-0.2, 0) is 4.79 Å². The molecule has 0 radical (unpaired) electrons. The molecule has 0 fully saturated rings. The summed E-state index contributed by atoms with van der Waals surface area (Å²) in [5, 5.41) is 16.3. The molecule has 2 heterocycles. The minimum Gasteiger partial charge on any atom is -0.345 e. The summed E-state index contributed by atoms with van der Waals surface area (Å²) < 4.78 is 1.37. The number of thiophene rings is 1. The van der Waals surface area contributed by atoms with E-state index >= 15 is 0 Å². The zero-order valence-corrected chi connectivity index (χ0v) is 19.4. The Balaban J connectivity index is 1.38. The van der Waals surface area contributed by atoms with Crippen molar-refractivity contribution in [3.05, 3.63) is 83.2 Å². The van der Waals surface area contributed by atoms with Crippen LogP contribution in [-0.4, -0.2) is 32.4 Å². The predicted molar refractivity (Wildman–Crippen MR) is 132 cm³/mol. The summed E-state index contributed by atoms with van der Waals surface area (Å²) in [7, 11) is 0. The van der Waals surface area contributed by atoms with Crippen molar-refractivity contribution in [3.8, 4) is 10.7 Å².